The molecule has 14 heavy (non-hydrogen) atoms. The molecule has 0 fully saturated rings. The third-order valence-electron chi connectivity index (χ3n) is 1.37. The van der Waals surface area contributed by atoms with Crippen LogP contribution in [0.3, 0.4) is 0 Å². The van der Waals surface area contributed by atoms with E-state index in [-0.39, 0.29) is 34.9 Å². The molecule has 0 unspecified atom stereocenters. The molecule has 6 nitrogen and oxygen atoms in total. The van der Waals surface area contributed by atoms with Crippen LogP contribution in [-0.2, 0) is 9.13 Å². The average Bonchev–Trinajstić information content (AvgIpc) is 2.04. The van der Waals surface area contributed by atoms with Gasteiger partial charge in [-0.2, -0.15) is 0 Å². The molecule has 0 spiro atoms. The number of phenols is 1. The van der Waals surface area contributed by atoms with Crippen molar-refractivity contribution in [2.24, 2.45) is 0 Å². The Morgan fingerprint density at radius 2 is 1.93 bits per heavy atom. The number of nitrogens with zero attached hydrogens (tertiary/aromatic N) is 1. The Hall–Kier alpha value is -0.680. The van der Waals surface area contributed by atoms with E-state index in [0.29, 0.717) is 0 Å². The molecule has 1 aromatic rings. The second-order valence-electron chi connectivity index (χ2n) is 2.19. The molecule has 0 atom stereocenters. The van der Waals surface area contributed by atoms with Gasteiger partial charge in [-0.3, -0.25) is 10.1 Å². The molecule has 1 N–H and O–H groups in total. The van der Waals surface area contributed by atoms with Crippen molar-refractivity contribution < 1.29 is 19.2 Å². The van der Waals surface area contributed by atoms with Gasteiger partial charge in [-0.1, -0.05) is 0 Å². The number of hydrogen-bond acceptors (Lipinski definition) is 5. The zero-order valence-corrected chi connectivity index (χ0v) is 7.10. The fourth-order valence-electron chi connectivity index (χ4n) is 0.772. The second-order valence-corrected chi connectivity index (χ2v) is 3.22. The first-order valence-corrected chi connectivity index (χ1v) is 4.32. The monoisotopic (exact) mass is 225 g/mol. The summed E-state index contributed by atoms with van der Waals surface area (Å²) in [6.07, 6.45) is 0. The van der Waals surface area contributed by atoms with Crippen LogP contribution >= 0.6 is 7.68 Å². The van der Waals surface area contributed by atoms with E-state index in [1.807, 2.05) is 0 Å². The van der Waals surface area contributed by atoms with Crippen molar-refractivity contribution >= 4 is 48.2 Å². The molecular formula is C6H5NNaO5P. The van der Waals surface area contributed by atoms with Crippen molar-refractivity contribution in [2.45, 2.75) is 0 Å². The molecule has 1 aromatic carbocycles. The molecule has 0 bridgehead atoms. The van der Waals surface area contributed by atoms with E-state index >= 15 is 0 Å². The molecule has 70 valence electrons. The second kappa shape index (κ2) is 5.26. The van der Waals surface area contributed by atoms with Crippen LogP contribution < -0.4 is 5.30 Å². The zero-order valence-electron chi connectivity index (χ0n) is 6.21. The quantitative estimate of drug-likeness (QED) is 0.341. The molecule has 0 aliphatic rings. The average molecular weight is 225 g/mol. The van der Waals surface area contributed by atoms with E-state index in [9.17, 15) is 19.2 Å². The third-order valence-corrected chi connectivity index (χ3v) is 2.07. The summed E-state index contributed by atoms with van der Waals surface area (Å²) in [5, 5.41) is 19.0. The van der Waals surface area contributed by atoms with Gasteiger partial charge in [0, 0.05) is 6.07 Å². The van der Waals surface area contributed by atoms with Crippen molar-refractivity contribution in [3.8, 4) is 5.75 Å². The maximum atomic E-state index is 10.4. The Balaban J connectivity index is 0.00000169. The first-order chi connectivity index (χ1) is 6.02. The number of aromatic hydroxyl groups is 1. The van der Waals surface area contributed by atoms with Crippen molar-refractivity contribution in [2.75, 3.05) is 0 Å². The van der Waals surface area contributed by atoms with Gasteiger partial charge in [0.2, 0.25) is 0 Å². The van der Waals surface area contributed by atoms with Crippen LogP contribution in [0.2, 0.25) is 0 Å². The summed E-state index contributed by atoms with van der Waals surface area (Å²) in [6, 6.07) is 2.87. The van der Waals surface area contributed by atoms with Crippen molar-refractivity contribution in [3.05, 3.63) is 28.3 Å². The molecule has 0 aliphatic heterocycles. The summed E-state index contributed by atoms with van der Waals surface area (Å²) in [7, 11) is -2.86. The Labute approximate surface area is 101 Å². The predicted octanol–water partition coefficient (Wildman–Crippen LogP) is 0.450. The molecule has 0 heterocycles. The summed E-state index contributed by atoms with van der Waals surface area (Å²) in [6.45, 7) is 0. The number of benzene rings is 1. The summed E-state index contributed by atoms with van der Waals surface area (Å²) < 4.78 is 20.8. The first kappa shape index (κ1) is 13.3. The van der Waals surface area contributed by atoms with Gasteiger partial charge in [0.1, 0.15) is 0 Å². The summed E-state index contributed by atoms with van der Waals surface area (Å²) in [4.78, 5) is 9.40. The van der Waals surface area contributed by atoms with Gasteiger partial charge in [0.25, 0.3) is 0 Å². The van der Waals surface area contributed by atoms with E-state index in [1.54, 1.807) is 0 Å². The van der Waals surface area contributed by atoms with Crippen LogP contribution in [0.4, 0.5) is 5.69 Å². The van der Waals surface area contributed by atoms with Crippen molar-refractivity contribution in [1.29, 1.82) is 0 Å². The first-order valence-electron chi connectivity index (χ1n) is 3.14. The van der Waals surface area contributed by atoms with Crippen LogP contribution in [0, 0.1) is 10.1 Å². The minimum atomic E-state index is -2.86. The normalized spacial score (nSPS) is 8.86. The van der Waals surface area contributed by atoms with E-state index in [1.165, 1.54) is 0 Å². The molecule has 0 saturated carbocycles. The van der Waals surface area contributed by atoms with E-state index in [0.717, 1.165) is 18.2 Å². The van der Waals surface area contributed by atoms with Gasteiger partial charge in [-0.05, 0) is 12.1 Å². The molecule has 0 aromatic heterocycles. The van der Waals surface area contributed by atoms with E-state index < -0.39 is 24.0 Å². The van der Waals surface area contributed by atoms with E-state index in [2.05, 4.69) is 0 Å². The molecule has 1 rings (SSSR count). The number of rotatable bonds is 2. The molecular weight excluding hydrogens is 220 g/mol. The number of phenolic OH excluding ortho intramolecular Hbond substituents is 1. The standard InChI is InChI=1S/C6H4NO5P.Na.H/c8-6-2-1-4(13(11)12)3-5(6)7(9)10;;/h1-3,8H;;. The molecule has 8 heteroatoms. The Kier molecular flexibility index (Phi) is 5.01. The van der Waals surface area contributed by atoms with Gasteiger partial charge in [-0.15, -0.1) is 0 Å². The van der Waals surface area contributed by atoms with Crippen LogP contribution in [0.1, 0.15) is 0 Å². The van der Waals surface area contributed by atoms with Crippen LogP contribution in [0.25, 0.3) is 0 Å². The van der Waals surface area contributed by atoms with Gasteiger partial charge in [0.15, 0.2) is 5.75 Å². The molecule has 0 radical (unpaired) electrons. The Bertz CT molecular complexity index is 422. The Morgan fingerprint density at radius 1 is 1.36 bits per heavy atom. The fraction of sp³-hybridized carbons (Fsp3) is 0. The van der Waals surface area contributed by atoms with Gasteiger partial charge < -0.3 is 5.11 Å². The van der Waals surface area contributed by atoms with E-state index in [4.69, 9.17) is 5.11 Å². The Morgan fingerprint density at radius 3 is 2.36 bits per heavy atom. The zero-order chi connectivity index (χ0) is 10.0. The summed E-state index contributed by atoms with van der Waals surface area (Å²) in [5.74, 6) is -0.550. The topological polar surface area (TPSA) is 97.5 Å². The third kappa shape index (κ3) is 2.92. The van der Waals surface area contributed by atoms with Gasteiger partial charge in [0.05, 0.1) is 10.2 Å². The number of nitro benzene ring substituents is 1. The van der Waals surface area contributed by atoms with Crippen molar-refractivity contribution in [3.63, 3.8) is 0 Å². The van der Waals surface area contributed by atoms with Gasteiger partial charge >= 0.3 is 42.9 Å². The molecule has 0 amide bonds. The predicted molar refractivity (Wildman–Crippen MR) is 49.8 cm³/mol. The maximum absolute atomic E-state index is 10.4. The summed E-state index contributed by atoms with van der Waals surface area (Å²) in [5.41, 5.74) is -0.614. The van der Waals surface area contributed by atoms with Crippen molar-refractivity contribution in [1.82, 2.24) is 0 Å². The SMILES string of the molecule is O=[N+]([O-])c1cc(P(=O)=O)ccc1O.[NaH]. The van der Waals surface area contributed by atoms with Crippen LogP contribution in [-0.4, -0.2) is 39.6 Å². The summed E-state index contributed by atoms with van der Waals surface area (Å²) >= 11 is 0. The number of nitro groups is 1. The van der Waals surface area contributed by atoms with Crippen LogP contribution in [0.5, 0.6) is 5.75 Å². The van der Waals surface area contributed by atoms with Crippen LogP contribution in [0.15, 0.2) is 18.2 Å². The minimum absolute atomic E-state index is 0. The molecule has 0 saturated heterocycles. The number of hydrogen-bond donors (Lipinski definition) is 1. The fourth-order valence-corrected chi connectivity index (χ4v) is 1.20. The van der Waals surface area contributed by atoms with Gasteiger partial charge in [-0.25, -0.2) is 9.13 Å². The molecule has 0 aliphatic carbocycles.